The van der Waals surface area contributed by atoms with E-state index in [0.717, 1.165) is 22.5 Å². The van der Waals surface area contributed by atoms with Crippen molar-refractivity contribution in [3.8, 4) is 11.3 Å². The Bertz CT molecular complexity index is 1110. The molecule has 0 amide bonds. The minimum absolute atomic E-state index is 0.227. The zero-order chi connectivity index (χ0) is 18.1. The molecule has 0 radical (unpaired) electrons. The highest BCUT2D eigenvalue weighted by atomic mass is 16.4. The summed E-state index contributed by atoms with van der Waals surface area (Å²) >= 11 is 0. The predicted molar refractivity (Wildman–Crippen MR) is 95.4 cm³/mol. The second-order valence-electron chi connectivity index (χ2n) is 5.91. The van der Waals surface area contributed by atoms with Crippen LogP contribution in [0, 0.1) is 0 Å². The van der Waals surface area contributed by atoms with Gasteiger partial charge in [0.05, 0.1) is 16.6 Å². The summed E-state index contributed by atoms with van der Waals surface area (Å²) in [5, 5.41) is 9.06. The van der Waals surface area contributed by atoms with Crippen molar-refractivity contribution in [1.82, 2.24) is 9.97 Å². The maximum absolute atomic E-state index is 11.1. The van der Waals surface area contributed by atoms with Crippen LogP contribution in [0.4, 0.5) is 0 Å². The van der Waals surface area contributed by atoms with Crippen molar-refractivity contribution in [2.24, 2.45) is 0 Å². The summed E-state index contributed by atoms with van der Waals surface area (Å²) in [6, 6.07) is 16.0. The highest BCUT2D eigenvalue weighted by Crippen LogP contribution is 2.23. The number of H-pyrrole nitrogens is 1. The average molecular weight is 346 g/mol. The number of hydrogen-bond acceptors (Lipinski definition) is 4. The first-order valence-corrected chi connectivity index (χ1v) is 7.98. The van der Waals surface area contributed by atoms with Gasteiger partial charge in [-0.25, -0.2) is 9.78 Å². The minimum Gasteiger partial charge on any atom is -0.478 e. The van der Waals surface area contributed by atoms with Crippen LogP contribution in [0.1, 0.15) is 32.3 Å². The van der Waals surface area contributed by atoms with Crippen LogP contribution < -0.4 is 0 Å². The third-order valence-electron chi connectivity index (χ3n) is 4.13. The van der Waals surface area contributed by atoms with Crippen LogP contribution in [-0.2, 0) is 6.42 Å². The Morgan fingerprint density at radius 1 is 1.12 bits per heavy atom. The van der Waals surface area contributed by atoms with E-state index in [2.05, 4.69) is 9.97 Å². The molecule has 2 N–H and O–H groups in total. The maximum atomic E-state index is 11.1. The van der Waals surface area contributed by atoms with Gasteiger partial charge in [0, 0.05) is 12.0 Å². The molecule has 0 unspecified atom stereocenters. The van der Waals surface area contributed by atoms with Gasteiger partial charge < -0.3 is 14.5 Å². The number of benzene rings is 2. The van der Waals surface area contributed by atoms with Gasteiger partial charge in [0.1, 0.15) is 11.6 Å². The second-order valence-corrected chi connectivity index (χ2v) is 5.91. The van der Waals surface area contributed by atoms with Crippen LogP contribution in [-0.4, -0.2) is 27.3 Å². The molecule has 0 aliphatic carbocycles. The number of fused-ring (bicyclic) bond motifs is 1. The highest BCUT2D eigenvalue weighted by Gasteiger charge is 2.09. The molecule has 4 aromatic rings. The van der Waals surface area contributed by atoms with Gasteiger partial charge in [-0.15, -0.1) is 0 Å². The van der Waals surface area contributed by atoms with Crippen molar-refractivity contribution in [2.45, 2.75) is 6.42 Å². The van der Waals surface area contributed by atoms with E-state index in [4.69, 9.17) is 9.52 Å². The molecule has 6 nitrogen and oxygen atoms in total. The minimum atomic E-state index is -0.964. The van der Waals surface area contributed by atoms with E-state index < -0.39 is 5.97 Å². The Balaban J connectivity index is 1.56. The van der Waals surface area contributed by atoms with Gasteiger partial charge in [-0.05, 0) is 35.9 Å². The van der Waals surface area contributed by atoms with E-state index >= 15 is 0 Å². The van der Waals surface area contributed by atoms with Gasteiger partial charge in [-0.3, -0.25) is 4.79 Å². The average Bonchev–Trinajstić information content (AvgIpc) is 3.27. The summed E-state index contributed by atoms with van der Waals surface area (Å²) in [7, 11) is 0. The van der Waals surface area contributed by atoms with E-state index in [-0.39, 0.29) is 5.56 Å². The number of aromatic carboxylic acids is 1. The van der Waals surface area contributed by atoms with Crippen LogP contribution in [0.15, 0.2) is 59.0 Å². The number of imidazole rings is 1. The molecule has 0 aliphatic rings. The number of carbonyl (C=O) groups excluding carboxylic acids is 1. The number of aromatic nitrogens is 2. The van der Waals surface area contributed by atoms with Crippen LogP contribution >= 0.6 is 0 Å². The topological polar surface area (TPSA) is 96.2 Å². The highest BCUT2D eigenvalue weighted by molar-refractivity contribution is 5.92. The molecule has 0 spiro atoms. The monoisotopic (exact) mass is 346 g/mol. The van der Waals surface area contributed by atoms with Crippen LogP contribution in [0.5, 0.6) is 0 Å². The maximum Gasteiger partial charge on any atom is 0.335 e. The standard InChI is InChI=1S/C20H14N2O4/c23-11-15-6-8-18(26-15)13-3-1-12(2-4-13)9-19-21-16-7-5-14(20(24)25)10-17(16)22-19/h1-8,10-11H,9H2,(H,21,22)(H,24,25). The Morgan fingerprint density at radius 3 is 2.62 bits per heavy atom. The summed E-state index contributed by atoms with van der Waals surface area (Å²) in [6.45, 7) is 0. The SMILES string of the molecule is O=Cc1ccc(-c2ccc(Cc3nc4ccc(C(=O)O)cc4[nH]3)cc2)o1. The molecule has 0 atom stereocenters. The number of nitrogens with one attached hydrogen (secondary N) is 1. The lowest BCUT2D eigenvalue weighted by Crippen LogP contribution is -1.94. The van der Waals surface area contributed by atoms with E-state index in [9.17, 15) is 9.59 Å². The molecule has 2 aromatic carbocycles. The molecule has 0 bridgehead atoms. The number of carboxylic acid groups (broad SMARTS) is 1. The molecule has 6 heteroatoms. The normalized spacial score (nSPS) is 10.9. The zero-order valence-corrected chi connectivity index (χ0v) is 13.6. The van der Waals surface area contributed by atoms with Gasteiger partial charge in [-0.1, -0.05) is 24.3 Å². The van der Waals surface area contributed by atoms with Crippen molar-refractivity contribution >= 4 is 23.3 Å². The van der Waals surface area contributed by atoms with Gasteiger partial charge in [0.2, 0.25) is 0 Å². The van der Waals surface area contributed by atoms with Crippen LogP contribution in [0.3, 0.4) is 0 Å². The second kappa shape index (κ2) is 6.33. The third kappa shape index (κ3) is 3.00. The smallest absolute Gasteiger partial charge is 0.335 e. The summed E-state index contributed by atoms with van der Waals surface area (Å²) in [5.74, 6) is 0.737. The van der Waals surface area contributed by atoms with Gasteiger partial charge >= 0.3 is 5.97 Å². The van der Waals surface area contributed by atoms with E-state index in [1.807, 2.05) is 24.3 Å². The van der Waals surface area contributed by atoms with E-state index in [1.54, 1.807) is 30.3 Å². The lowest BCUT2D eigenvalue weighted by molar-refractivity contribution is 0.0697. The molecule has 0 saturated carbocycles. The Hall–Kier alpha value is -3.67. The largest absolute Gasteiger partial charge is 0.478 e. The number of hydrogen-bond donors (Lipinski definition) is 2. The van der Waals surface area contributed by atoms with E-state index in [0.29, 0.717) is 29.7 Å². The summed E-state index contributed by atoms with van der Waals surface area (Å²) in [6.07, 6.45) is 1.27. The number of aldehydes is 1. The first kappa shape index (κ1) is 15.8. The van der Waals surface area contributed by atoms with Crippen molar-refractivity contribution < 1.29 is 19.1 Å². The molecular formula is C20H14N2O4. The van der Waals surface area contributed by atoms with Crippen LogP contribution in [0.2, 0.25) is 0 Å². The fourth-order valence-electron chi connectivity index (χ4n) is 2.83. The Labute approximate surface area is 148 Å². The quantitative estimate of drug-likeness (QED) is 0.534. The van der Waals surface area contributed by atoms with E-state index in [1.165, 1.54) is 0 Å². The molecule has 128 valence electrons. The number of nitrogens with zero attached hydrogens (tertiary/aromatic N) is 1. The summed E-state index contributed by atoms with van der Waals surface area (Å²) < 4.78 is 5.41. The molecule has 0 aliphatic heterocycles. The molecule has 0 fully saturated rings. The molecule has 26 heavy (non-hydrogen) atoms. The summed E-state index contributed by atoms with van der Waals surface area (Å²) in [4.78, 5) is 29.4. The molecule has 2 aromatic heterocycles. The molecule has 2 heterocycles. The Kier molecular flexibility index (Phi) is 3.85. The third-order valence-corrected chi connectivity index (χ3v) is 4.13. The number of aromatic amines is 1. The zero-order valence-electron chi connectivity index (χ0n) is 13.6. The number of carboxylic acids is 1. The lowest BCUT2D eigenvalue weighted by atomic mass is 10.1. The fourth-order valence-corrected chi connectivity index (χ4v) is 2.83. The fraction of sp³-hybridized carbons (Fsp3) is 0.0500. The predicted octanol–water partition coefficient (Wildman–Crippen LogP) is 3.92. The number of furan rings is 1. The molecule has 0 saturated heterocycles. The number of rotatable bonds is 5. The van der Waals surface area contributed by atoms with Crippen LogP contribution in [0.25, 0.3) is 22.4 Å². The first-order chi connectivity index (χ1) is 12.6. The van der Waals surface area contributed by atoms with Crippen molar-refractivity contribution in [3.05, 3.63) is 77.3 Å². The number of carbonyl (C=O) groups is 2. The first-order valence-electron chi connectivity index (χ1n) is 7.98. The van der Waals surface area contributed by atoms with Gasteiger partial charge in [-0.2, -0.15) is 0 Å². The van der Waals surface area contributed by atoms with Crippen molar-refractivity contribution in [2.75, 3.05) is 0 Å². The molecular weight excluding hydrogens is 332 g/mol. The van der Waals surface area contributed by atoms with Gasteiger partial charge in [0.25, 0.3) is 0 Å². The van der Waals surface area contributed by atoms with Crippen molar-refractivity contribution in [3.63, 3.8) is 0 Å². The summed E-state index contributed by atoms with van der Waals surface area (Å²) in [5.41, 5.74) is 3.60. The molecule has 4 rings (SSSR count). The van der Waals surface area contributed by atoms with Crippen molar-refractivity contribution in [1.29, 1.82) is 0 Å². The van der Waals surface area contributed by atoms with Gasteiger partial charge in [0.15, 0.2) is 12.0 Å². The lowest BCUT2D eigenvalue weighted by Gasteiger charge is -2.01. The Morgan fingerprint density at radius 2 is 1.92 bits per heavy atom.